The minimum Gasteiger partial charge on any atom is -0.311 e. The Labute approximate surface area is 355 Å². The first-order valence-corrected chi connectivity index (χ1v) is 21.3. The SMILES string of the molecule is c1ccc(N(c2ccccc2)c2cc3c4c(c2)N(c2ccccc2)c2cc5c(cc2B4c2ccccc2N3c2ccccc2)Sc2ccccc2N5c2ccccc2)cc1. The molecule has 0 spiro atoms. The molecule has 3 aliphatic rings. The Morgan fingerprint density at radius 1 is 0.317 bits per heavy atom. The standard InChI is InChI=1S/C54H37BN4S/c1-6-20-38(21-7-1)56(39-22-8-2-9-23-39)43-34-50-54-51(35-43)59(42-28-14-5-15-29-42)48-37-49-53(60-52-33-19-18-32-47(52)58(49)41-26-12-4-13-27-41)36-45(48)55(54)44-30-16-17-31-46(44)57(50)40-24-10-3-11-25-40/h1-37H. The van der Waals surface area contributed by atoms with Crippen LogP contribution in [-0.2, 0) is 0 Å². The molecule has 0 saturated heterocycles. The van der Waals surface area contributed by atoms with Crippen LogP contribution >= 0.6 is 11.8 Å². The maximum atomic E-state index is 2.52. The van der Waals surface area contributed by atoms with Gasteiger partial charge in [0, 0.05) is 61.0 Å². The lowest BCUT2D eigenvalue weighted by Gasteiger charge is -2.45. The number of nitrogens with zero attached hydrogens (tertiary/aromatic N) is 4. The Morgan fingerprint density at radius 2 is 0.767 bits per heavy atom. The fourth-order valence-corrected chi connectivity index (χ4v) is 10.6. The number of hydrogen-bond acceptors (Lipinski definition) is 5. The topological polar surface area (TPSA) is 13.0 Å². The van der Waals surface area contributed by atoms with E-state index in [9.17, 15) is 0 Å². The molecule has 9 aromatic carbocycles. The summed E-state index contributed by atoms with van der Waals surface area (Å²) < 4.78 is 0. The van der Waals surface area contributed by atoms with Crippen molar-refractivity contribution in [2.75, 3.05) is 19.6 Å². The Morgan fingerprint density at radius 3 is 1.33 bits per heavy atom. The van der Waals surface area contributed by atoms with Crippen LogP contribution in [0.3, 0.4) is 0 Å². The molecule has 12 rings (SSSR count). The van der Waals surface area contributed by atoms with Gasteiger partial charge in [-0.05, 0) is 120 Å². The van der Waals surface area contributed by atoms with E-state index < -0.39 is 0 Å². The maximum Gasteiger partial charge on any atom is 0.252 e. The Kier molecular flexibility index (Phi) is 8.17. The molecule has 0 N–H and O–H groups in total. The Balaban J connectivity index is 1.19. The van der Waals surface area contributed by atoms with E-state index >= 15 is 0 Å². The summed E-state index contributed by atoms with van der Waals surface area (Å²) in [5.41, 5.74) is 17.6. The summed E-state index contributed by atoms with van der Waals surface area (Å²) in [6, 6.07) is 81.7. The predicted molar refractivity (Wildman–Crippen MR) is 254 cm³/mol. The third-order valence-corrected chi connectivity index (χ3v) is 13.0. The molecule has 3 aliphatic heterocycles. The molecule has 0 saturated carbocycles. The number of hydrogen-bond donors (Lipinski definition) is 0. The zero-order valence-electron chi connectivity index (χ0n) is 32.6. The van der Waals surface area contributed by atoms with Crippen molar-refractivity contribution in [1.29, 1.82) is 0 Å². The summed E-state index contributed by atoms with van der Waals surface area (Å²) in [4.78, 5) is 12.3. The van der Waals surface area contributed by atoms with E-state index in [1.807, 2.05) is 11.8 Å². The number of para-hydroxylation sites is 7. The van der Waals surface area contributed by atoms with Crippen molar-refractivity contribution in [1.82, 2.24) is 0 Å². The van der Waals surface area contributed by atoms with E-state index in [1.165, 1.54) is 54.6 Å². The van der Waals surface area contributed by atoms with Gasteiger partial charge in [0.25, 0.3) is 6.71 Å². The fraction of sp³-hybridized carbons (Fsp3) is 0. The molecular formula is C54H37BN4S. The largest absolute Gasteiger partial charge is 0.311 e. The van der Waals surface area contributed by atoms with Gasteiger partial charge in [0.1, 0.15) is 0 Å². The van der Waals surface area contributed by atoms with Crippen molar-refractivity contribution in [3.8, 4) is 0 Å². The zero-order valence-corrected chi connectivity index (χ0v) is 33.5. The smallest absolute Gasteiger partial charge is 0.252 e. The number of fused-ring (bicyclic) bond motifs is 6. The average Bonchev–Trinajstić information content (AvgIpc) is 3.31. The molecule has 282 valence electrons. The lowest BCUT2D eigenvalue weighted by atomic mass is 9.33. The second-order valence-corrected chi connectivity index (χ2v) is 16.4. The first kappa shape index (κ1) is 34.6. The quantitative estimate of drug-likeness (QED) is 0.155. The molecule has 0 aromatic heterocycles. The Hall–Kier alpha value is -7.41. The average molecular weight is 785 g/mol. The van der Waals surface area contributed by atoms with Crippen LogP contribution < -0.4 is 36.0 Å². The van der Waals surface area contributed by atoms with E-state index in [2.05, 4.69) is 244 Å². The van der Waals surface area contributed by atoms with Crippen LogP contribution in [0.25, 0.3) is 0 Å². The van der Waals surface area contributed by atoms with Crippen molar-refractivity contribution >= 4 is 103 Å². The second-order valence-electron chi connectivity index (χ2n) is 15.4. The van der Waals surface area contributed by atoms with Gasteiger partial charge in [-0.15, -0.1) is 0 Å². The van der Waals surface area contributed by atoms with Gasteiger partial charge in [-0.3, -0.25) is 0 Å². The van der Waals surface area contributed by atoms with Crippen molar-refractivity contribution < 1.29 is 0 Å². The van der Waals surface area contributed by atoms with Crippen LogP contribution in [0.2, 0.25) is 0 Å². The van der Waals surface area contributed by atoms with Gasteiger partial charge in [-0.1, -0.05) is 133 Å². The zero-order chi connectivity index (χ0) is 39.6. The number of benzene rings is 9. The van der Waals surface area contributed by atoms with Crippen molar-refractivity contribution in [3.63, 3.8) is 0 Å². The molecule has 3 heterocycles. The molecule has 6 heteroatoms. The summed E-state index contributed by atoms with van der Waals surface area (Å²) >= 11 is 1.87. The van der Waals surface area contributed by atoms with Gasteiger partial charge in [-0.25, -0.2) is 0 Å². The third-order valence-electron chi connectivity index (χ3n) is 11.9. The summed E-state index contributed by atoms with van der Waals surface area (Å²) in [6.45, 7) is -0.0229. The van der Waals surface area contributed by atoms with Crippen molar-refractivity contribution in [3.05, 3.63) is 224 Å². The molecule has 0 radical (unpaired) electrons. The highest BCUT2D eigenvalue weighted by atomic mass is 32.2. The maximum absolute atomic E-state index is 2.52. The summed E-state index contributed by atoms with van der Waals surface area (Å²) in [6.07, 6.45) is 0. The molecule has 60 heavy (non-hydrogen) atoms. The Bertz CT molecular complexity index is 3000. The van der Waals surface area contributed by atoms with Gasteiger partial charge in [-0.2, -0.15) is 0 Å². The first-order chi connectivity index (χ1) is 29.8. The van der Waals surface area contributed by atoms with Crippen molar-refractivity contribution in [2.45, 2.75) is 9.79 Å². The van der Waals surface area contributed by atoms with Gasteiger partial charge in [0.2, 0.25) is 0 Å². The minimum atomic E-state index is -0.0229. The highest BCUT2D eigenvalue weighted by molar-refractivity contribution is 7.99. The summed E-state index contributed by atoms with van der Waals surface area (Å²) in [5.74, 6) is 0. The van der Waals surface area contributed by atoms with Crippen LogP contribution in [0.1, 0.15) is 0 Å². The van der Waals surface area contributed by atoms with E-state index in [0.717, 1.165) is 39.8 Å². The van der Waals surface area contributed by atoms with Crippen LogP contribution in [0, 0.1) is 0 Å². The monoisotopic (exact) mass is 784 g/mol. The number of rotatable bonds is 6. The van der Waals surface area contributed by atoms with E-state index in [1.54, 1.807) is 0 Å². The van der Waals surface area contributed by atoms with Gasteiger partial charge in [0.15, 0.2) is 0 Å². The molecule has 9 aromatic rings. The van der Waals surface area contributed by atoms with Crippen LogP contribution in [0.4, 0.5) is 68.2 Å². The molecule has 0 unspecified atom stereocenters. The highest BCUT2D eigenvalue weighted by Gasteiger charge is 2.45. The molecule has 0 amide bonds. The minimum absolute atomic E-state index is 0.0229. The van der Waals surface area contributed by atoms with E-state index in [-0.39, 0.29) is 6.71 Å². The van der Waals surface area contributed by atoms with Gasteiger partial charge < -0.3 is 19.6 Å². The van der Waals surface area contributed by atoms with Crippen LogP contribution in [-0.4, -0.2) is 6.71 Å². The van der Waals surface area contributed by atoms with Gasteiger partial charge in [0.05, 0.1) is 17.1 Å². The number of anilines is 12. The molecule has 0 bridgehead atoms. The van der Waals surface area contributed by atoms with Crippen molar-refractivity contribution in [2.24, 2.45) is 0 Å². The van der Waals surface area contributed by atoms with E-state index in [4.69, 9.17) is 0 Å². The summed E-state index contributed by atoms with van der Waals surface area (Å²) in [5, 5.41) is 0. The molecule has 0 aliphatic carbocycles. The molecule has 0 fully saturated rings. The van der Waals surface area contributed by atoms with Crippen LogP contribution in [0.5, 0.6) is 0 Å². The fourth-order valence-electron chi connectivity index (χ4n) is 9.47. The second kappa shape index (κ2) is 14.2. The highest BCUT2D eigenvalue weighted by Crippen LogP contribution is 2.54. The lowest BCUT2D eigenvalue weighted by Crippen LogP contribution is -2.61. The third kappa shape index (κ3) is 5.49. The molecule has 0 atom stereocenters. The van der Waals surface area contributed by atoms with Crippen LogP contribution in [0.15, 0.2) is 234 Å². The predicted octanol–water partition coefficient (Wildman–Crippen LogP) is 13.2. The molecule has 4 nitrogen and oxygen atoms in total. The molecular weight excluding hydrogens is 748 g/mol. The van der Waals surface area contributed by atoms with E-state index in [0.29, 0.717) is 0 Å². The first-order valence-electron chi connectivity index (χ1n) is 20.5. The lowest BCUT2D eigenvalue weighted by molar-refractivity contribution is 1.16. The normalized spacial score (nSPS) is 13.1. The van der Waals surface area contributed by atoms with Gasteiger partial charge >= 0.3 is 0 Å². The summed E-state index contributed by atoms with van der Waals surface area (Å²) in [7, 11) is 0.